The molecule has 0 aliphatic rings. The van der Waals surface area contributed by atoms with Crippen LogP contribution in [0.1, 0.15) is 21.5 Å². The molecular weight excluding hydrogens is 406 g/mol. The first-order valence-corrected chi connectivity index (χ1v) is 9.34. The molecule has 0 unspecified atom stereocenters. The number of ether oxygens (including phenoxy) is 1. The van der Waals surface area contributed by atoms with Crippen molar-refractivity contribution in [3.8, 4) is 5.75 Å². The van der Waals surface area contributed by atoms with Gasteiger partial charge in [0.25, 0.3) is 5.91 Å². The molecule has 0 aliphatic carbocycles. The number of benzene rings is 2. The highest BCUT2D eigenvalue weighted by Crippen LogP contribution is 2.17. The van der Waals surface area contributed by atoms with Gasteiger partial charge in [0.05, 0.1) is 0 Å². The largest absolute Gasteiger partial charge is 0.489 e. The molecule has 0 bridgehead atoms. The minimum Gasteiger partial charge on any atom is -0.489 e. The van der Waals surface area contributed by atoms with Gasteiger partial charge >= 0.3 is 12.1 Å². The Morgan fingerprint density at radius 3 is 2.39 bits per heavy atom. The molecule has 5 N–H and O–H groups in total. The normalized spacial score (nSPS) is 11.3. The van der Waals surface area contributed by atoms with Gasteiger partial charge in [-0.1, -0.05) is 24.3 Å². The van der Waals surface area contributed by atoms with Gasteiger partial charge in [0.2, 0.25) is 6.41 Å². The van der Waals surface area contributed by atoms with Gasteiger partial charge in [-0.2, -0.15) is 0 Å². The van der Waals surface area contributed by atoms with Crippen LogP contribution in [0.2, 0.25) is 0 Å². The molecule has 10 heteroatoms. The van der Waals surface area contributed by atoms with Crippen LogP contribution in [-0.2, 0) is 22.6 Å². The third-order valence-corrected chi connectivity index (χ3v) is 4.33. The lowest BCUT2D eigenvalue weighted by Crippen LogP contribution is -2.44. The second-order valence-corrected chi connectivity index (χ2v) is 6.53. The highest BCUT2D eigenvalue weighted by Gasteiger charge is 2.29. The Morgan fingerprint density at radius 2 is 1.81 bits per heavy atom. The average Bonchev–Trinajstić information content (AvgIpc) is 2.76. The predicted octanol–water partition coefficient (Wildman–Crippen LogP) is 1.09. The Balaban J connectivity index is 2.00. The Labute approximate surface area is 178 Å². The number of nitrogens with two attached hydrogens (primary N) is 1. The van der Waals surface area contributed by atoms with Gasteiger partial charge in [-0.25, -0.2) is 14.5 Å². The summed E-state index contributed by atoms with van der Waals surface area (Å²) in [5, 5.41) is 20.9. The predicted molar refractivity (Wildman–Crippen MR) is 110 cm³/mol. The van der Waals surface area contributed by atoms with E-state index in [1.807, 2.05) is 6.07 Å². The third kappa shape index (κ3) is 6.82. The summed E-state index contributed by atoms with van der Waals surface area (Å²) >= 11 is 0. The Morgan fingerprint density at radius 1 is 1.10 bits per heavy atom. The fourth-order valence-corrected chi connectivity index (χ4v) is 2.76. The van der Waals surface area contributed by atoms with Crippen LogP contribution in [0.3, 0.4) is 0 Å². The number of aliphatic carboxylic acids is 1. The molecule has 31 heavy (non-hydrogen) atoms. The first-order chi connectivity index (χ1) is 14.8. The third-order valence-electron chi connectivity index (χ3n) is 4.33. The van der Waals surface area contributed by atoms with E-state index in [-0.39, 0.29) is 30.2 Å². The van der Waals surface area contributed by atoms with Crippen molar-refractivity contribution in [2.45, 2.75) is 19.1 Å². The van der Waals surface area contributed by atoms with Gasteiger partial charge in [0, 0.05) is 25.1 Å². The number of carboxylic acids is 1. The van der Waals surface area contributed by atoms with E-state index in [0.717, 1.165) is 5.56 Å². The smallest absolute Gasteiger partial charge is 0.414 e. The molecule has 164 valence electrons. The topological polar surface area (TPSA) is 159 Å². The number of rotatable bonds is 11. The second-order valence-electron chi connectivity index (χ2n) is 6.53. The first kappa shape index (κ1) is 23.4. The van der Waals surface area contributed by atoms with Crippen LogP contribution in [0.25, 0.3) is 0 Å². The van der Waals surface area contributed by atoms with Crippen LogP contribution in [0.4, 0.5) is 4.79 Å². The molecule has 0 radical (unpaired) electrons. The fraction of sp³-hybridized carbons (Fsp3) is 0.238. The molecule has 0 heterocycles. The molecule has 0 saturated heterocycles. The highest BCUT2D eigenvalue weighted by molar-refractivity contribution is 5.94. The molecule has 0 aliphatic heterocycles. The summed E-state index contributed by atoms with van der Waals surface area (Å²) in [5.41, 5.74) is 7.16. The molecule has 2 rings (SSSR count). The van der Waals surface area contributed by atoms with Crippen molar-refractivity contribution in [2.75, 3.05) is 13.1 Å². The van der Waals surface area contributed by atoms with Crippen LogP contribution < -0.4 is 15.8 Å². The summed E-state index contributed by atoms with van der Waals surface area (Å²) in [5.74, 6) is -1.15. The summed E-state index contributed by atoms with van der Waals surface area (Å²) in [6.45, 7) is 0.931. The quantitative estimate of drug-likeness (QED) is 0.386. The molecule has 10 nitrogen and oxygen atoms in total. The van der Waals surface area contributed by atoms with Gasteiger partial charge in [-0.05, 0) is 35.4 Å². The van der Waals surface area contributed by atoms with Crippen LogP contribution in [0.15, 0.2) is 48.5 Å². The maximum absolute atomic E-state index is 12.0. The number of nitrogens with zero attached hydrogens (tertiary/aromatic N) is 1. The Kier molecular flexibility index (Phi) is 8.52. The lowest BCUT2D eigenvalue weighted by molar-refractivity contribution is -0.145. The average molecular weight is 429 g/mol. The maximum atomic E-state index is 12.0. The van der Waals surface area contributed by atoms with Crippen LogP contribution in [0.5, 0.6) is 5.75 Å². The van der Waals surface area contributed by atoms with Crippen LogP contribution in [-0.4, -0.2) is 58.6 Å². The minimum absolute atomic E-state index is 0.0248. The van der Waals surface area contributed by atoms with Gasteiger partial charge < -0.3 is 26.0 Å². The monoisotopic (exact) mass is 429 g/mol. The molecule has 2 aromatic carbocycles. The lowest BCUT2D eigenvalue weighted by Gasteiger charge is -2.20. The van der Waals surface area contributed by atoms with Gasteiger partial charge in [0.1, 0.15) is 18.4 Å². The van der Waals surface area contributed by atoms with E-state index in [0.29, 0.717) is 30.0 Å². The second kappa shape index (κ2) is 11.3. The van der Waals surface area contributed by atoms with E-state index < -0.39 is 18.1 Å². The molecule has 3 amide bonds. The molecule has 0 saturated carbocycles. The van der Waals surface area contributed by atoms with E-state index in [9.17, 15) is 24.3 Å². The number of imide groups is 1. The van der Waals surface area contributed by atoms with Crippen molar-refractivity contribution in [3.05, 3.63) is 65.2 Å². The first-order valence-electron chi connectivity index (χ1n) is 9.34. The number of carboxylic acid groups (broad SMARTS) is 2. The Bertz CT molecular complexity index is 931. The Hall–Kier alpha value is -3.92. The molecule has 1 atom stereocenters. The number of hydrogen-bond acceptors (Lipinski definition) is 6. The summed E-state index contributed by atoms with van der Waals surface area (Å²) in [6, 6.07) is 11.8. The van der Waals surface area contributed by atoms with Crippen molar-refractivity contribution >= 4 is 24.4 Å². The molecule has 0 aromatic heterocycles. The molecular formula is C21H23N3O7. The van der Waals surface area contributed by atoms with E-state index in [1.165, 1.54) is 0 Å². The van der Waals surface area contributed by atoms with Crippen molar-refractivity contribution in [1.29, 1.82) is 0 Å². The summed E-state index contributed by atoms with van der Waals surface area (Å²) in [4.78, 5) is 45.5. The van der Waals surface area contributed by atoms with Crippen LogP contribution >= 0.6 is 0 Å². The number of hydrogen-bond donors (Lipinski definition) is 4. The van der Waals surface area contributed by atoms with E-state index >= 15 is 0 Å². The standard InChI is InChI=1S/C21H23N3O7/c22-8-9-23-19(26)16-3-1-2-15(10-16)12-31-17-6-4-14(5-7-17)11-18(20(27)28)24(13-25)21(29)30/h1-7,10,13,18H,8-9,11-12,22H2,(H,23,26)(H,27,28)(H,29,30)/t18-/m1/s1. The van der Waals surface area contributed by atoms with Gasteiger partial charge in [-0.3, -0.25) is 9.59 Å². The van der Waals surface area contributed by atoms with E-state index in [4.69, 9.17) is 15.6 Å². The van der Waals surface area contributed by atoms with E-state index in [2.05, 4.69) is 5.32 Å². The van der Waals surface area contributed by atoms with Gasteiger partial charge in [0.15, 0.2) is 0 Å². The van der Waals surface area contributed by atoms with Crippen molar-refractivity contribution < 1.29 is 34.1 Å². The zero-order valence-corrected chi connectivity index (χ0v) is 16.6. The number of carbonyl (C=O) groups excluding carboxylic acids is 2. The molecule has 0 fully saturated rings. The van der Waals surface area contributed by atoms with Crippen molar-refractivity contribution in [1.82, 2.24) is 10.2 Å². The molecule has 2 aromatic rings. The number of carbonyl (C=O) groups is 4. The summed E-state index contributed by atoms with van der Waals surface area (Å²) in [6.07, 6.45) is -1.84. The highest BCUT2D eigenvalue weighted by atomic mass is 16.5. The minimum atomic E-state index is -1.64. The van der Waals surface area contributed by atoms with E-state index in [1.54, 1.807) is 42.5 Å². The lowest BCUT2D eigenvalue weighted by atomic mass is 10.1. The number of nitrogens with one attached hydrogen (secondary N) is 1. The summed E-state index contributed by atoms with van der Waals surface area (Å²) in [7, 11) is 0. The zero-order chi connectivity index (χ0) is 22.8. The van der Waals surface area contributed by atoms with Gasteiger partial charge in [-0.15, -0.1) is 0 Å². The van der Waals surface area contributed by atoms with Crippen LogP contribution in [0, 0.1) is 0 Å². The zero-order valence-electron chi connectivity index (χ0n) is 16.6. The maximum Gasteiger partial charge on any atom is 0.414 e. The number of amides is 3. The summed E-state index contributed by atoms with van der Waals surface area (Å²) < 4.78 is 5.69. The fourth-order valence-electron chi connectivity index (χ4n) is 2.76. The molecule has 0 spiro atoms. The van der Waals surface area contributed by atoms with Crippen molar-refractivity contribution in [2.24, 2.45) is 5.73 Å². The van der Waals surface area contributed by atoms with Crippen molar-refractivity contribution in [3.63, 3.8) is 0 Å². The SMILES string of the molecule is NCCNC(=O)c1cccc(COc2ccc(C[C@H](C(=O)O)N(C=O)C(=O)O)cc2)c1.